The van der Waals surface area contributed by atoms with Crippen molar-refractivity contribution < 1.29 is 0 Å². The van der Waals surface area contributed by atoms with Crippen LogP contribution in [0.1, 0.15) is 0 Å². The van der Waals surface area contributed by atoms with E-state index in [9.17, 15) is 4.79 Å². The van der Waals surface area contributed by atoms with Gasteiger partial charge in [0.05, 0.1) is 12.4 Å². The van der Waals surface area contributed by atoms with Crippen LogP contribution in [-0.2, 0) is 0 Å². The Balaban J connectivity index is 2.94. The molecule has 0 aliphatic rings. The summed E-state index contributed by atoms with van der Waals surface area (Å²) < 4.78 is 0. The second-order valence-electron chi connectivity index (χ2n) is 2.06. The minimum Gasteiger partial charge on any atom is -0.268 e. The van der Waals surface area contributed by atoms with Crippen molar-refractivity contribution in [2.24, 2.45) is 0 Å². The van der Waals surface area contributed by atoms with Gasteiger partial charge in [-0.25, -0.2) is 5.10 Å². The molecule has 0 saturated carbocycles. The molecular formula is C6H4N4O. The largest absolute Gasteiger partial charge is 0.268 e. The third-order valence-electron chi connectivity index (χ3n) is 1.31. The molecule has 0 spiro atoms. The van der Waals surface area contributed by atoms with Gasteiger partial charge in [0.2, 0.25) is 0 Å². The number of hydrogen-bond donors (Lipinski definition) is 1. The molecule has 0 atom stereocenters. The van der Waals surface area contributed by atoms with Gasteiger partial charge in [0.25, 0.3) is 5.56 Å². The molecule has 2 rings (SSSR count). The summed E-state index contributed by atoms with van der Waals surface area (Å²) >= 11 is 0. The number of nitrogens with zero attached hydrogens (tertiary/aromatic N) is 3. The first-order valence-corrected chi connectivity index (χ1v) is 3.02. The van der Waals surface area contributed by atoms with Gasteiger partial charge in [-0.1, -0.05) is 0 Å². The van der Waals surface area contributed by atoms with E-state index >= 15 is 0 Å². The van der Waals surface area contributed by atoms with Gasteiger partial charge in [0, 0.05) is 11.5 Å². The number of H-pyrrole nitrogens is 1. The number of fused-ring (bicyclic) bond motifs is 1. The van der Waals surface area contributed by atoms with Gasteiger partial charge in [-0.05, 0) is 0 Å². The normalized spacial score (nSPS) is 10.2. The lowest BCUT2D eigenvalue weighted by molar-refractivity contribution is 0.992. The van der Waals surface area contributed by atoms with Crippen LogP contribution in [0.4, 0.5) is 0 Å². The molecule has 2 aromatic heterocycles. The lowest BCUT2D eigenvalue weighted by atomic mass is 10.3. The highest BCUT2D eigenvalue weighted by atomic mass is 16.1. The van der Waals surface area contributed by atoms with Crippen molar-refractivity contribution in [2.75, 3.05) is 0 Å². The summed E-state index contributed by atoms with van der Waals surface area (Å²) in [5.74, 6) is 0. The van der Waals surface area contributed by atoms with E-state index in [0.717, 1.165) is 0 Å². The predicted molar refractivity (Wildman–Crippen MR) is 38.0 cm³/mol. The highest BCUT2D eigenvalue weighted by Crippen LogP contribution is 2.00. The van der Waals surface area contributed by atoms with Crippen LogP contribution in [0.15, 0.2) is 23.3 Å². The van der Waals surface area contributed by atoms with Crippen LogP contribution in [-0.4, -0.2) is 20.4 Å². The summed E-state index contributed by atoms with van der Waals surface area (Å²) in [6.07, 6.45) is 2.99. The van der Waals surface area contributed by atoms with Crippen molar-refractivity contribution in [1.82, 2.24) is 20.4 Å². The maximum atomic E-state index is 10.7. The first-order chi connectivity index (χ1) is 5.36. The topological polar surface area (TPSA) is 71.5 Å². The van der Waals surface area contributed by atoms with Gasteiger partial charge < -0.3 is 0 Å². The van der Waals surface area contributed by atoms with Crippen LogP contribution in [0.2, 0.25) is 0 Å². The van der Waals surface area contributed by atoms with Gasteiger partial charge in [-0.15, -0.1) is 0 Å². The summed E-state index contributed by atoms with van der Waals surface area (Å²) in [6.45, 7) is 0. The molecule has 0 aliphatic carbocycles. The van der Waals surface area contributed by atoms with E-state index in [0.29, 0.717) is 10.9 Å². The van der Waals surface area contributed by atoms with Gasteiger partial charge in [-0.2, -0.15) is 15.3 Å². The molecule has 5 nitrogen and oxygen atoms in total. The van der Waals surface area contributed by atoms with Crippen molar-refractivity contribution >= 4 is 10.9 Å². The van der Waals surface area contributed by atoms with Crippen LogP contribution in [0.3, 0.4) is 0 Å². The van der Waals surface area contributed by atoms with Crippen molar-refractivity contribution in [3.05, 3.63) is 28.8 Å². The summed E-state index contributed by atoms with van der Waals surface area (Å²) in [5.41, 5.74) is 0.408. The third kappa shape index (κ3) is 0.958. The van der Waals surface area contributed by atoms with Crippen LogP contribution < -0.4 is 5.56 Å². The molecule has 0 aromatic carbocycles. The molecule has 1 N–H and O–H groups in total. The zero-order chi connectivity index (χ0) is 7.68. The first-order valence-electron chi connectivity index (χ1n) is 3.02. The molecule has 0 radical (unpaired) electrons. The Kier molecular flexibility index (Phi) is 1.15. The highest BCUT2D eigenvalue weighted by molar-refractivity contribution is 5.74. The quantitative estimate of drug-likeness (QED) is 0.557. The maximum absolute atomic E-state index is 10.7. The maximum Gasteiger partial charge on any atom is 0.264 e. The summed E-state index contributed by atoms with van der Waals surface area (Å²) in [6, 6.07) is 1.43. The Labute approximate surface area is 61.1 Å². The second-order valence-corrected chi connectivity index (χ2v) is 2.06. The van der Waals surface area contributed by atoms with E-state index < -0.39 is 0 Å². The molecule has 0 aliphatic heterocycles. The zero-order valence-electron chi connectivity index (χ0n) is 5.48. The van der Waals surface area contributed by atoms with Crippen molar-refractivity contribution in [3.8, 4) is 0 Å². The van der Waals surface area contributed by atoms with Crippen molar-refractivity contribution in [3.63, 3.8) is 0 Å². The fraction of sp³-hybridized carbons (Fsp3) is 0. The number of nitrogens with one attached hydrogen (secondary N) is 1. The van der Waals surface area contributed by atoms with Gasteiger partial charge in [-0.3, -0.25) is 4.79 Å². The van der Waals surface area contributed by atoms with E-state index in [1.165, 1.54) is 18.5 Å². The zero-order valence-corrected chi connectivity index (χ0v) is 5.48. The summed E-state index contributed by atoms with van der Waals surface area (Å²) in [4.78, 5) is 10.7. The van der Waals surface area contributed by atoms with Crippen molar-refractivity contribution in [2.45, 2.75) is 0 Å². The van der Waals surface area contributed by atoms with Crippen LogP contribution in [0, 0.1) is 0 Å². The molecule has 11 heavy (non-hydrogen) atoms. The lowest BCUT2D eigenvalue weighted by Crippen LogP contribution is -2.05. The molecular weight excluding hydrogens is 144 g/mol. The van der Waals surface area contributed by atoms with E-state index in [4.69, 9.17) is 0 Å². The van der Waals surface area contributed by atoms with Crippen LogP contribution in [0.5, 0.6) is 0 Å². The van der Waals surface area contributed by atoms with E-state index in [-0.39, 0.29) is 5.56 Å². The van der Waals surface area contributed by atoms with Crippen LogP contribution >= 0.6 is 0 Å². The molecule has 54 valence electrons. The second kappa shape index (κ2) is 2.12. The fourth-order valence-electron chi connectivity index (χ4n) is 0.818. The molecule has 0 saturated heterocycles. The summed E-state index contributed by atoms with van der Waals surface area (Å²) in [5, 5.41) is 14.0. The Morgan fingerprint density at radius 3 is 3.00 bits per heavy atom. The molecule has 2 aromatic rings. The van der Waals surface area contributed by atoms with Gasteiger partial charge >= 0.3 is 0 Å². The Morgan fingerprint density at radius 2 is 2.09 bits per heavy atom. The Morgan fingerprint density at radius 1 is 1.27 bits per heavy atom. The third-order valence-corrected chi connectivity index (χ3v) is 1.31. The summed E-state index contributed by atoms with van der Waals surface area (Å²) in [7, 11) is 0. The monoisotopic (exact) mass is 148 g/mol. The molecule has 0 fully saturated rings. The van der Waals surface area contributed by atoms with E-state index in [1.807, 2.05) is 0 Å². The predicted octanol–water partition coefficient (Wildman–Crippen LogP) is -0.287. The van der Waals surface area contributed by atoms with Gasteiger partial charge in [0.1, 0.15) is 5.52 Å². The smallest absolute Gasteiger partial charge is 0.264 e. The standard InChI is InChI=1S/C6H4N4O/c11-6-1-4-2-7-8-3-5(4)9-10-6/h1-3H,(H,10,11). The number of aromatic amines is 1. The first kappa shape index (κ1) is 5.96. The SMILES string of the molecule is O=c1cc2cnncc2n[nH]1. The highest BCUT2D eigenvalue weighted by Gasteiger charge is 1.93. The fourth-order valence-corrected chi connectivity index (χ4v) is 0.818. The number of aromatic nitrogens is 4. The molecule has 5 heteroatoms. The lowest BCUT2D eigenvalue weighted by Gasteiger charge is -1.89. The van der Waals surface area contributed by atoms with Crippen LogP contribution in [0.25, 0.3) is 10.9 Å². The number of hydrogen-bond acceptors (Lipinski definition) is 4. The molecule has 0 bridgehead atoms. The molecule has 2 heterocycles. The van der Waals surface area contributed by atoms with Gasteiger partial charge in [0.15, 0.2) is 0 Å². The number of rotatable bonds is 0. The van der Waals surface area contributed by atoms with Crippen molar-refractivity contribution in [1.29, 1.82) is 0 Å². The Bertz CT molecular complexity index is 436. The minimum atomic E-state index is -0.231. The molecule has 0 unspecified atom stereocenters. The average molecular weight is 148 g/mol. The Hall–Kier alpha value is -1.78. The van der Waals surface area contributed by atoms with E-state index in [2.05, 4.69) is 20.4 Å². The average Bonchev–Trinajstić information content (AvgIpc) is 2.04. The van der Waals surface area contributed by atoms with E-state index in [1.54, 1.807) is 0 Å². The molecule has 0 amide bonds. The minimum absolute atomic E-state index is 0.231.